The maximum Gasteiger partial charge on any atom is 0.320 e. The van der Waals surface area contributed by atoms with Gasteiger partial charge < -0.3 is 19.6 Å². The Morgan fingerprint density at radius 1 is 0.955 bits per heavy atom. The predicted molar refractivity (Wildman–Crippen MR) is 84.6 cm³/mol. The summed E-state index contributed by atoms with van der Waals surface area (Å²) in [5.41, 5.74) is 0. The fourth-order valence-corrected chi connectivity index (χ4v) is 3.89. The van der Waals surface area contributed by atoms with Gasteiger partial charge in [-0.2, -0.15) is 0 Å². The average molecular weight is 308 g/mol. The monoisotopic (exact) mass is 308 g/mol. The summed E-state index contributed by atoms with van der Waals surface area (Å²) < 4.78 is 0. The van der Waals surface area contributed by atoms with E-state index in [1.165, 1.54) is 0 Å². The smallest absolute Gasteiger partial charge is 0.320 e. The maximum absolute atomic E-state index is 12.2. The molecule has 0 bridgehead atoms. The molecule has 6 nitrogen and oxygen atoms in total. The summed E-state index contributed by atoms with van der Waals surface area (Å²) in [5, 5.41) is 0. The molecule has 3 rings (SSSR count). The zero-order valence-electron chi connectivity index (χ0n) is 13.7. The zero-order valence-corrected chi connectivity index (χ0v) is 13.7. The average Bonchev–Trinajstić information content (AvgIpc) is 3.11. The Bertz CT molecular complexity index is 420. The molecule has 0 aromatic heterocycles. The number of carbonyl (C=O) groups is 2. The Morgan fingerprint density at radius 2 is 1.73 bits per heavy atom. The van der Waals surface area contributed by atoms with Crippen LogP contribution < -0.4 is 0 Å². The maximum atomic E-state index is 12.2. The molecular formula is C16H28N4O2. The van der Waals surface area contributed by atoms with Crippen molar-refractivity contribution >= 4 is 11.9 Å². The molecule has 3 heterocycles. The number of likely N-dealkylation sites (tertiary alicyclic amines) is 2. The van der Waals surface area contributed by atoms with Crippen LogP contribution in [0.1, 0.15) is 32.6 Å². The van der Waals surface area contributed by atoms with Crippen molar-refractivity contribution in [2.45, 2.75) is 38.6 Å². The molecule has 3 aliphatic heterocycles. The van der Waals surface area contributed by atoms with Gasteiger partial charge in [0.15, 0.2) is 0 Å². The van der Waals surface area contributed by atoms with Crippen LogP contribution in [0.25, 0.3) is 0 Å². The van der Waals surface area contributed by atoms with Crippen molar-refractivity contribution < 1.29 is 9.59 Å². The Hall–Kier alpha value is -1.30. The van der Waals surface area contributed by atoms with Crippen LogP contribution in [0.4, 0.5) is 4.79 Å². The van der Waals surface area contributed by atoms with Crippen LogP contribution in [-0.2, 0) is 4.79 Å². The van der Waals surface area contributed by atoms with Gasteiger partial charge in [-0.25, -0.2) is 4.79 Å². The van der Waals surface area contributed by atoms with Crippen molar-refractivity contribution in [3.05, 3.63) is 0 Å². The zero-order chi connectivity index (χ0) is 15.5. The number of hydrogen-bond acceptors (Lipinski definition) is 3. The quantitative estimate of drug-likeness (QED) is 0.756. The number of carbonyl (C=O) groups excluding carboxylic acids is 2. The van der Waals surface area contributed by atoms with Crippen LogP contribution in [0, 0.1) is 0 Å². The molecule has 0 aromatic rings. The first-order valence-corrected chi connectivity index (χ1v) is 8.74. The minimum atomic E-state index is 0.226. The van der Waals surface area contributed by atoms with Gasteiger partial charge in [-0.3, -0.25) is 4.79 Å². The SMILES string of the molecule is CCN1CCN(C2CCN(CCN3CCCC3=O)CC2)C1=O. The summed E-state index contributed by atoms with van der Waals surface area (Å²) in [4.78, 5) is 32.3. The highest BCUT2D eigenvalue weighted by Crippen LogP contribution is 2.21. The van der Waals surface area contributed by atoms with Crippen molar-refractivity contribution in [2.24, 2.45) is 0 Å². The highest BCUT2D eigenvalue weighted by atomic mass is 16.2. The van der Waals surface area contributed by atoms with E-state index in [0.29, 0.717) is 11.9 Å². The summed E-state index contributed by atoms with van der Waals surface area (Å²) >= 11 is 0. The summed E-state index contributed by atoms with van der Waals surface area (Å²) in [6.07, 6.45) is 3.88. The molecule has 0 unspecified atom stereocenters. The first-order chi connectivity index (χ1) is 10.7. The number of hydrogen-bond donors (Lipinski definition) is 0. The van der Waals surface area contributed by atoms with E-state index in [9.17, 15) is 9.59 Å². The van der Waals surface area contributed by atoms with E-state index in [1.54, 1.807) is 0 Å². The van der Waals surface area contributed by atoms with E-state index >= 15 is 0 Å². The molecule has 0 aromatic carbocycles. The first kappa shape index (κ1) is 15.6. The summed E-state index contributed by atoms with van der Waals surface area (Å²) in [5.74, 6) is 0.317. The second-order valence-corrected chi connectivity index (χ2v) is 6.61. The van der Waals surface area contributed by atoms with E-state index in [0.717, 1.165) is 78.0 Å². The molecule has 0 atom stereocenters. The lowest BCUT2D eigenvalue weighted by Crippen LogP contribution is -2.48. The number of urea groups is 1. The van der Waals surface area contributed by atoms with Crippen molar-refractivity contribution in [3.8, 4) is 0 Å². The van der Waals surface area contributed by atoms with E-state index in [1.807, 2.05) is 16.7 Å². The number of likely N-dealkylation sites (N-methyl/N-ethyl adjacent to an activating group) is 1. The minimum Gasteiger partial charge on any atom is -0.341 e. The molecule has 3 aliphatic rings. The summed E-state index contributed by atoms with van der Waals surface area (Å²) in [7, 11) is 0. The predicted octanol–water partition coefficient (Wildman–Crippen LogP) is 0.831. The Balaban J connectivity index is 1.41. The van der Waals surface area contributed by atoms with Gasteiger partial charge in [0.2, 0.25) is 5.91 Å². The highest BCUT2D eigenvalue weighted by molar-refractivity contribution is 5.78. The largest absolute Gasteiger partial charge is 0.341 e. The minimum absolute atomic E-state index is 0.226. The fraction of sp³-hybridized carbons (Fsp3) is 0.875. The molecule has 0 spiro atoms. The molecule has 22 heavy (non-hydrogen) atoms. The first-order valence-electron chi connectivity index (χ1n) is 8.74. The lowest BCUT2D eigenvalue weighted by Gasteiger charge is -2.37. The molecule has 6 heteroatoms. The van der Waals surface area contributed by atoms with E-state index in [4.69, 9.17) is 0 Å². The number of piperidine rings is 1. The molecule has 0 saturated carbocycles. The van der Waals surface area contributed by atoms with Gasteiger partial charge in [0.05, 0.1) is 0 Å². The van der Waals surface area contributed by atoms with E-state index in [-0.39, 0.29) is 6.03 Å². The molecule has 3 fully saturated rings. The third kappa shape index (κ3) is 3.21. The van der Waals surface area contributed by atoms with Gasteiger partial charge in [-0.05, 0) is 26.2 Å². The second-order valence-electron chi connectivity index (χ2n) is 6.61. The molecule has 0 N–H and O–H groups in total. The summed E-state index contributed by atoms with van der Waals surface area (Å²) in [6, 6.07) is 0.636. The van der Waals surface area contributed by atoms with Gasteiger partial charge in [-0.15, -0.1) is 0 Å². The number of rotatable bonds is 5. The summed E-state index contributed by atoms with van der Waals surface area (Å²) in [6.45, 7) is 9.51. The van der Waals surface area contributed by atoms with Crippen LogP contribution in [-0.4, -0.2) is 89.9 Å². The normalized spacial score (nSPS) is 24.9. The Morgan fingerprint density at radius 3 is 2.32 bits per heavy atom. The van der Waals surface area contributed by atoms with Gasteiger partial charge in [-0.1, -0.05) is 0 Å². The van der Waals surface area contributed by atoms with Crippen LogP contribution in [0.5, 0.6) is 0 Å². The Kier molecular flexibility index (Phi) is 4.86. The lowest BCUT2D eigenvalue weighted by atomic mass is 10.0. The molecule has 3 saturated heterocycles. The van der Waals surface area contributed by atoms with Crippen molar-refractivity contribution in [3.63, 3.8) is 0 Å². The number of nitrogens with zero attached hydrogens (tertiary/aromatic N) is 4. The van der Waals surface area contributed by atoms with E-state index in [2.05, 4.69) is 9.80 Å². The fourth-order valence-electron chi connectivity index (χ4n) is 3.89. The van der Waals surface area contributed by atoms with Gasteiger partial charge in [0, 0.05) is 64.8 Å². The third-order valence-electron chi connectivity index (χ3n) is 5.36. The van der Waals surface area contributed by atoms with Crippen molar-refractivity contribution in [2.75, 3.05) is 52.4 Å². The molecule has 3 amide bonds. The standard InChI is InChI=1S/C16H28N4O2/c1-2-18-12-13-20(16(18)22)14-5-8-17(9-6-14)10-11-19-7-3-4-15(19)21/h14H,2-13H2,1H3. The van der Waals surface area contributed by atoms with Gasteiger partial charge >= 0.3 is 6.03 Å². The number of amides is 3. The molecule has 0 radical (unpaired) electrons. The third-order valence-corrected chi connectivity index (χ3v) is 5.36. The van der Waals surface area contributed by atoms with Gasteiger partial charge in [0.1, 0.15) is 0 Å². The van der Waals surface area contributed by atoms with Gasteiger partial charge in [0.25, 0.3) is 0 Å². The van der Waals surface area contributed by atoms with Crippen LogP contribution in [0.2, 0.25) is 0 Å². The van der Waals surface area contributed by atoms with Crippen LogP contribution in [0.15, 0.2) is 0 Å². The van der Waals surface area contributed by atoms with Crippen molar-refractivity contribution in [1.82, 2.24) is 19.6 Å². The molecular weight excluding hydrogens is 280 g/mol. The lowest BCUT2D eigenvalue weighted by molar-refractivity contribution is -0.127. The van der Waals surface area contributed by atoms with Crippen LogP contribution in [0.3, 0.4) is 0 Å². The highest BCUT2D eigenvalue weighted by Gasteiger charge is 2.34. The Labute approximate surface area is 133 Å². The molecule has 0 aliphatic carbocycles. The van der Waals surface area contributed by atoms with Crippen LogP contribution >= 0.6 is 0 Å². The topological polar surface area (TPSA) is 47.1 Å². The second kappa shape index (κ2) is 6.86. The molecule has 124 valence electrons. The van der Waals surface area contributed by atoms with Crippen molar-refractivity contribution in [1.29, 1.82) is 0 Å². The van der Waals surface area contributed by atoms with E-state index < -0.39 is 0 Å².